The highest BCUT2D eigenvalue weighted by molar-refractivity contribution is 9.10. The van der Waals surface area contributed by atoms with Crippen molar-refractivity contribution in [3.05, 3.63) is 27.2 Å². The Hall–Kier alpha value is -1.03. The molecule has 0 radical (unpaired) electrons. The van der Waals surface area contributed by atoms with Crippen LogP contribution in [0.4, 0.5) is 0 Å². The van der Waals surface area contributed by atoms with Crippen LogP contribution in [-0.4, -0.2) is 18.2 Å². The Morgan fingerprint density at radius 2 is 1.94 bits per heavy atom. The quantitative estimate of drug-likeness (QED) is 0.807. The molecule has 1 N–H and O–H groups in total. The summed E-state index contributed by atoms with van der Waals surface area (Å²) >= 11 is 3.40. The van der Waals surface area contributed by atoms with Gasteiger partial charge in [-0.3, -0.25) is 0 Å². The average molecular weight is 301 g/mol. The number of hydrogen-bond donors (Lipinski definition) is 1. The maximum absolute atomic E-state index is 11.7. The van der Waals surface area contributed by atoms with Gasteiger partial charge >= 0.3 is 5.97 Å². The predicted molar refractivity (Wildman–Crippen MR) is 70.6 cm³/mol. The summed E-state index contributed by atoms with van der Waals surface area (Å²) in [5.74, 6) is -0.517. The van der Waals surface area contributed by atoms with E-state index in [1.807, 2.05) is 26.8 Å². The van der Waals surface area contributed by atoms with Gasteiger partial charge in [0.1, 0.15) is 11.3 Å². The van der Waals surface area contributed by atoms with E-state index in [1.165, 1.54) is 7.11 Å². The molecule has 0 bridgehead atoms. The van der Waals surface area contributed by atoms with Gasteiger partial charge in [0, 0.05) is 10.0 Å². The normalized spacial score (nSPS) is 11.4. The SMILES string of the molecule is COC(=O)c1c(C)c(Br)cc(C(C)(C)C)c1O. The molecule has 0 saturated carbocycles. The molecule has 3 nitrogen and oxygen atoms in total. The molecule has 0 unspecified atom stereocenters. The molecule has 0 spiro atoms. The third-order valence-electron chi connectivity index (χ3n) is 2.69. The Morgan fingerprint density at radius 1 is 1.41 bits per heavy atom. The van der Waals surface area contributed by atoms with Gasteiger partial charge in [0.25, 0.3) is 0 Å². The standard InChI is InChI=1S/C13H17BrO3/c1-7-9(14)6-8(13(2,3)4)11(15)10(7)12(16)17-5/h6,15H,1-5H3. The first-order chi connectivity index (χ1) is 7.70. The molecule has 1 rings (SSSR count). The molecule has 94 valence electrons. The number of halogens is 1. The van der Waals surface area contributed by atoms with Crippen molar-refractivity contribution < 1.29 is 14.6 Å². The lowest BCUT2D eigenvalue weighted by molar-refractivity contribution is 0.0596. The lowest BCUT2D eigenvalue weighted by Gasteiger charge is -2.23. The number of ether oxygens (including phenoxy) is 1. The Labute approximate surface area is 110 Å². The van der Waals surface area contributed by atoms with Crippen molar-refractivity contribution >= 4 is 21.9 Å². The van der Waals surface area contributed by atoms with Crippen molar-refractivity contribution in [2.75, 3.05) is 7.11 Å². The van der Waals surface area contributed by atoms with Crippen molar-refractivity contribution in [1.82, 2.24) is 0 Å². The number of esters is 1. The lowest BCUT2D eigenvalue weighted by atomic mass is 9.84. The molecule has 0 heterocycles. The zero-order chi connectivity index (χ0) is 13.4. The van der Waals surface area contributed by atoms with E-state index in [0.29, 0.717) is 5.56 Å². The van der Waals surface area contributed by atoms with E-state index in [0.717, 1.165) is 10.0 Å². The monoisotopic (exact) mass is 300 g/mol. The van der Waals surface area contributed by atoms with Crippen LogP contribution in [0.1, 0.15) is 42.3 Å². The number of phenolic OH excluding ortho intramolecular Hbond substituents is 1. The summed E-state index contributed by atoms with van der Waals surface area (Å²) in [4.78, 5) is 11.7. The minimum Gasteiger partial charge on any atom is -0.507 e. The highest BCUT2D eigenvalue weighted by Crippen LogP contribution is 2.38. The molecule has 0 amide bonds. The van der Waals surface area contributed by atoms with Gasteiger partial charge in [-0.2, -0.15) is 0 Å². The summed E-state index contributed by atoms with van der Waals surface area (Å²) in [7, 11) is 1.30. The molecule has 0 fully saturated rings. The first-order valence-electron chi connectivity index (χ1n) is 5.31. The molecular formula is C13H17BrO3. The van der Waals surface area contributed by atoms with Crippen LogP contribution in [0.25, 0.3) is 0 Å². The fraction of sp³-hybridized carbons (Fsp3) is 0.462. The summed E-state index contributed by atoms with van der Waals surface area (Å²) in [6.07, 6.45) is 0. The number of aromatic hydroxyl groups is 1. The highest BCUT2D eigenvalue weighted by atomic mass is 79.9. The van der Waals surface area contributed by atoms with Gasteiger partial charge in [0.05, 0.1) is 7.11 Å². The minimum absolute atomic E-state index is 0.00468. The van der Waals surface area contributed by atoms with Gasteiger partial charge in [0.2, 0.25) is 0 Å². The summed E-state index contributed by atoms with van der Waals surface area (Å²) < 4.78 is 5.49. The van der Waals surface area contributed by atoms with Crippen molar-refractivity contribution in [1.29, 1.82) is 0 Å². The second kappa shape index (κ2) is 4.69. The van der Waals surface area contributed by atoms with E-state index in [-0.39, 0.29) is 16.7 Å². The Morgan fingerprint density at radius 3 is 2.35 bits per heavy atom. The third kappa shape index (κ3) is 2.63. The van der Waals surface area contributed by atoms with E-state index >= 15 is 0 Å². The number of methoxy groups -OCH3 is 1. The topological polar surface area (TPSA) is 46.5 Å². The number of carbonyl (C=O) groups excluding carboxylic acids is 1. The number of benzene rings is 1. The highest BCUT2D eigenvalue weighted by Gasteiger charge is 2.26. The molecular weight excluding hydrogens is 284 g/mol. The van der Waals surface area contributed by atoms with E-state index in [4.69, 9.17) is 4.74 Å². The third-order valence-corrected chi connectivity index (χ3v) is 3.52. The lowest BCUT2D eigenvalue weighted by Crippen LogP contribution is -2.15. The van der Waals surface area contributed by atoms with Crippen molar-refractivity contribution in [2.45, 2.75) is 33.1 Å². The van der Waals surface area contributed by atoms with E-state index in [9.17, 15) is 9.90 Å². The van der Waals surface area contributed by atoms with Crippen LogP contribution in [0.5, 0.6) is 5.75 Å². The van der Waals surface area contributed by atoms with Crippen LogP contribution < -0.4 is 0 Å². The minimum atomic E-state index is -0.521. The first kappa shape index (κ1) is 14.0. The maximum Gasteiger partial charge on any atom is 0.341 e. The molecule has 1 aromatic rings. The largest absolute Gasteiger partial charge is 0.507 e. The van der Waals surface area contributed by atoms with Crippen LogP contribution in [0.3, 0.4) is 0 Å². The van der Waals surface area contributed by atoms with E-state index in [1.54, 1.807) is 6.92 Å². The number of hydrogen-bond acceptors (Lipinski definition) is 3. The second-order valence-corrected chi connectivity index (χ2v) is 5.85. The zero-order valence-electron chi connectivity index (χ0n) is 10.7. The van der Waals surface area contributed by atoms with Crippen LogP contribution in [0.15, 0.2) is 10.5 Å². The Kier molecular flexibility index (Phi) is 3.87. The molecule has 4 heteroatoms. The molecule has 0 aliphatic heterocycles. The average Bonchev–Trinajstić information content (AvgIpc) is 2.21. The number of phenols is 1. The maximum atomic E-state index is 11.7. The fourth-order valence-electron chi connectivity index (χ4n) is 1.66. The fourth-order valence-corrected chi connectivity index (χ4v) is 2.09. The molecule has 0 saturated heterocycles. The summed E-state index contributed by atoms with van der Waals surface area (Å²) in [6.45, 7) is 7.70. The molecule has 0 aliphatic rings. The first-order valence-corrected chi connectivity index (χ1v) is 6.10. The Bertz CT molecular complexity index is 459. The van der Waals surface area contributed by atoms with Crippen LogP contribution in [-0.2, 0) is 10.2 Å². The van der Waals surface area contributed by atoms with Gasteiger partial charge in [0.15, 0.2) is 0 Å². The van der Waals surface area contributed by atoms with Gasteiger partial charge < -0.3 is 9.84 Å². The van der Waals surface area contributed by atoms with Crippen molar-refractivity contribution in [3.63, 3.8) is 0 Å². The smallest absolute Gasteiger partial charge is 0.341 e. The van der Waals surface area contributed by atoms with Crippen molar-refractivity contribution in [2.24, 2.45) is 0 Å². The Balaban J connectivity index is 3.60. The molecule has 0 atom stereocenters. The number of carbonyl (C=O) groups is 1. The predicted octanol–water partition coefficient (Wildman–Crippen LogP) is 3.55. The molecule has 0 aliphatic carbocycles. The molecule has 17 heavy (non-hydrogen) atoms. The van der Waals surface area contributed by atoms with E-state index in [2.05, 4.69) is 15.9 Å². The van der Waals surface area contributed by atoms with Gasteiger partial charge in [-0.05, 0) is 24.0 Å². The van der Waals surface area contributed by atoms with Crippen molar-refractivity contribution in [3.8, 4) is 5.75 Å². The van der Waals surface area contributed by atoms with Gasteiger partial charge in [-0.25, -0.2) is 4.79 Å². The molecule has 0 aromatic heterocycles. The van der Waals surface area contributed by atoms with Crippen LogP contribution >= 0.6 is 15.9 Å². The second-order valence-electron chi connectivity index (χ2n) is 5.00. The van der Waals surface area contributed by atoms with E-state index < -0.39 is 5.97 Å². The van der Waals surface area contributed by atoms with Gasteiger partial charge in [-0.1, -0.05) is 36.7 Å². The summed E-state index contributed by atoms with van der Waals surface area (Å²) in [5, 5.41) is 10.2. The number of rotatable bonds is 1. The summed E-state index contributed by atoms with van der Waals surface area (Å²) in [5.41, 5.74) is 1.38. The summed E-state index contributed by atoms with van der Waals surface area (Å²) in [6, 6.07) is 1.84. The van der Waals surface area contributed by atoms with Crippen LogP contribution in [0.2, 0.25) is 0 Å². The van der Waals surface area contributed by atoms with Crippen LogP contribution in [0, 0.1) is 6.92 Å². The molecule has 1 aromatic carbocycles. The van der Waals surface area contributed by atoms with Gasteiger partial charge in [-0.15, -0.1) is 0 Å². The zero-order valence-corrected chi connectivity index (χ0v) is 12.3.